The zero-order chi connectivity index (χ0) is 12.0. The highest BCUT2D eigenvalue weighted by atomic mass is 15.0. The summed E-state index contributed by atoms with van der Waals surface area (Å²) in [6.45, 7) is 4.26. The lowest BCUT2D eigenvalue weighted by molar-refractivity contribution is 0.396. The molecule has 0 aromatic heterocycles. The van der Waals surface area contributed by atoms with E-state index in [0.717, 1.165) is 24.5 Å². The van der Waals surface area contributed by atoms with Crippen molar-refractivity contribution >= 4 is 11.4 Å². The van der Waals surface area contributed by atoms with Crippen LogP contribution in [0, 0.1) is 6.92 Å². The molecule has 16 heavy (non-hydrogen) atoms. The van der Waals surface area contributed by atoms with E-state index in [2.05, 4.69) is 37.3 Å². The fraction of sp³-hybridized carbons (Fsp3) is 0.538. The van der Waals surface area contributed by atoms with Gasteiger partial charge in [0.25, 0.3) is 0 Å². The molecule has 1 aromatic rings. The number of nitrogens with one attached hydrogen (secondary N) is 1. The van der Waals surface area contributed by atoms with Crippen molar-refractivity contribution in [1.82, 2.24) is 4.90 Å². The van der Waals surface area contributed by atoms with E-state index in [9.17, 15) is 0 Å². The van der Waals surface area contributed by atoms with Gasteiger partial charge in [-0.05, 0) is 58.1 Å². The van der Waals surface area contributed by atoms with Gasteiger partial charge in [0.1, 0.15) is 0 Å². The topological polar surface area (TPSA) is 41.3 Å². The number of hydrogen-bond acceptors (Lipinski definition) is 3. The van der Waals surface area contributed by atoms with Crippen LogP contribution in [0.1, 0.15) is 18.4 Å². The van der Waals surface area contributed by atoms with E-state index in [4.69, 9.17) is 5.73 Å². The highest BCUT2D eigenvalue weighted by Crippen LogP contribution is 2.17. The van der Waals surface area contributed by atoms with E-state index in [-0.39, 0.29) is 0 Å². The monoisotopic (exact) mass is 221 g/mol. The van der Waals surface area contributed by atoms with Gasteiger partial charge in [0.05, 0.1) is 0 Å². The largest absolute Gasteiger partial charge is 0.399 e. The summed E-state index contributed by atoms with van der Waals surface area (Å²) >= 11 is 0. The van der Waals surface area contributed by atoms with Gasteiger partial charge in [-0.15, -0.1) is 0 Å². The van der Waals surface area contributed by atoms with Crippen molar-refractivity contribution in [2.24, 2.45) is 0 Å². The Balaban J connectivity index is 2.29. The Morgan fingerprint density at radius 3 is 2.69 bits per heavy atom. The number of aryl methyl sites for hydroxylation is 1. The number of nitrogen functional groups attached to an aromatic ring is 1. The van der Waals surface area contributed by atoms with Crippen LogP contribution in [0.3, 0.4) is 0 Å². The quantitative estimate of drug-likeness (QED) is 0.572. The minimum atomic E-state index is 0.821. The molecule has 3 nitrogen and oxygen atoms in total. The van der Waals surface area contributed by atoms with Crippen molar-refractivity contribution in [1.29, 1.82) is 0 Å². The number of hydrogen-bond donors (Lipinski definition) is 2. The molecule has 90 valence electrons. The van der Waals surface area contributed by atoms with Crippen LogP contribution in [-0.4, -0.2) is 32.1 Å². The third-order valence-corrected chi connectivity index (χ3v) is 2.61. The van der Waals surface area contributed by atoms with Gasteiger partial charge in [-0.2, -0.15) is 0 Å². The molecule has 1 rings (SSSR count). The first-order valence-corrected chi connectivity index (χ1v) is 5.84. The number of rotatable bonds is 6. The number of benzene rings is 1. The maximum atomic E-state index is 5.75. The van der Waals surface area contributed by atoms with Crippen LogP contribution < -0.4 is 11.1 Å². The number of anilines is 2. The molecule has 0 heterocycles. The van der Waals surface area contributed by atoms with Crippen LogP contribution in [0.15, 0.2) is 18.2 Å². The zero-order valence-electron chi connectivity index (χ0n) is 10.6. The van der Waals surface area contributed by atoms with Gasteiger partial charge in [0.2, 0.25) is 0 Å². The molecule has 0 unspecified atom stereocenters. The maximum Gasteiger partial charge on any atom is 0.0390 e. The number of nitrogens with zero attached hydrogens (tertiary/aromatic N) is 1. The summed E-state index contributed by atoms with van der Waals surface area (Å²) in [6.07, 6.45) is 2.41. The summed E-state index contributed by atoms with van der Waals surface area (Å²) in [7, 11) is 4.21. The molecule has 3 heteroatoms. The second-order valence-corrected chi connectivity index (χ2v) is 4.51. The van der Waals surface area contributed by atoms with Crippen molar-refractivity contribution in [3.8, 4) is 0 Å². The third kappa shape index (κ3) is 4.53. The average molecular weight is 221 g/mol. The Hall–Kier alpha value is -1.22. The van der Waals surface area contributed by atoms with Crippen molar-refractivity contribution in [3.05, 3.63) is 23.8 Å². The van der Waals surface area contributed by atoms with Crippen LogP contribution in [0.25, 0.3) is 0 Å². The highest BCUT2D eigenvalue weighted by molar-refractivity contribution is 5.59. The molecule has 0 saturated heterocycles. The van der Waals surface area contributed by atoms with Crippen LogP contribution in [0.2, 0.25) is 0 Å². The van der Waals surface area contributed by atoms with Gasteiger partial charge >= 0.3 is 0 Å². The molecule has 0 radical (unpaired) electrons. The minimum Gasteiger partial charge on any atom is -0.399 e. The van der Waals surface area contributed by atoms with Crippen LogP contribution in [0.5, 0.6) is 0 Å². The normalized spacial score (nSPS) is 10.8. The van der Waals surface area contributed by atoms with Crippen molar-refractivity contribution in [3.63, 3.8) is 0 Å². The Morgan fingerprint density at radius 1 is 1.25 bits per heavy atom. The van der Waals surface area contributed by atoms with Gasteiger partial charge in [-0.1, -0.05) is 6.07 Å². The average Bonchev–Trinajstić information content (AvgIpc) is 2.22. The number of nitrogens with two attached hydrogens (primary N) is 1. The van der Waals surface area contributed by atoms with E-state index < -0.39 is 0 Å². The molecule has 0 amide bonds. The van der Waals surface area contributed by atoms with E-state index in [1.54, 1.807) is 0 Å². The summed E-state index contributed by atoms with van der Waals surface area (Å²) in [6, 6.07) is 5.99. The van der Waals surface area contributed by atoms with E-state index >= 15 is 0 Å². The van der Waals surface area contributed by atoms with Crippen molar-refractivity contribution < 1.29 is 0 Å². The molecular weight excluding hydrogens is 198 g/mol. The second-order valence-electron chi connectivity index (χ2n) is 4.51. The van der Waals surface area contributed by atoms with Crippen molar-refractivity contribution in [2.75, 3.05) is 38.2 Å². The molecule has 1 aromatic carbocycles. The molecule has 0 aliphatic heterocycles. The maximum absolute atomic E-state index is 5.75. The molecular formula is C13H23N3. The molecule has 0 saturated carbocycles. The van der Waals surface area contributed by atoms with E-state index in [1.807, 2.05) is 12.1 Å². The standard InChI is InChI=1S/C13H23N3/c1-11-6-7-12(14)10-13(11)15-8-4-5-9-16(2)3/h6-7,10,15H,4-5,8-9,14H2,1-3H3. The van der Waals surface area contributed by atoms with Crippen LogP contribution in [-0.2, 0) is 0 Å². The lowest BCUT2D eigenvalue weighted by Crippen LogP contribution is -2.14. The molecule has 0 atom stereocenters. The Kier molecular flexibility index (Phi) is 5.12. The SMILES string of the molecule is Cc1ccc(N)cc1NCCCCN(C)C. The zero-order valence-corrected chi connectivity index (χ0v) is 10.6. The van der Waals surface area contributed by atoms with E-state index in [1.165, 1.54) is 18.4 Å². The van der Waals surface area contributed by atoms with E-state index in [0.29, 0.717) is 0 Å². The predicted octanol–water partition coefficient (Wildman–Crippen LogP) is 2.33. The second kappa shape index (κ2) is 6.38. The summed E-state index contributed by atoms with van der Waals surface area (Å²) in [4.78, 5) is 2.21. The predicted molar refractivity (Wildman–Crippen MR) is 71.9 cm³/mol. The number of unbranched alkanes of at least 4 members (excludes halogenated alkanes) is 1. The molecule has 0 aliphatic rings. The summed E-state index contributed by atoms with van der Waals surface area (Å²) < 4.78 is 0. The van der Waals surface area contributed by atoms with Gasteiger partial charge in [0.15, 0.2) is 0 Å². The fourth-order valence-corrected chi connectivity index (χ4v) is 1.61. The Labute approximate surface area is 98.6 Å². The first-order chi connectivity index (χ1) is 7.59. The Morgan fingerprint density at radius 2 is 2.00 bits per heavy atom. The lowest BCUT2D eigenvalue weighted by Gasteiger charge is -2.12. The first-order valence-electron chi connectivity index (χ1n) is 5.84. The highest BCUT2D eigenvalue weighted by Gasteiger charge is 1.98. The van der Waals surface area contributed by atoms with Crippen LogP contribution in [0.4, 0.5) is 11.4 Å². The summed E-state index contributed by atoms with van der Waals surface area (Å²) in [5, 5.41) is 3.43. The van der Waals surface area contributed by atoms with Gasteiger partial charge in [0, 0.05) is 17.9 Å². The first kappa shape index (κ1) is 12.8. The smallest absolute Gasteiger partial charge is 0.0390 e. The molecule has 0 aliphatic carbocycles. The van der Waals surface area contributed by atoms with Gasteiger partial charge < -0.3 is 16.0 Å². The molecule has 0 spiro atoms. The lowest BCUT2D eigenvalue weighted by atomic mass is 10.2. The third-order valence-electron chi connectivity index (χ3n) is 2.61. The molecule has 0 bridgehead atoms. The van der Waals surface area contributed by atoms with Crippen LogP contribution >= 0.6 is 0 Å². The summed E-state index contributed by atoms with van der Waals surface area (Å²) in [5.41, 5.74) is 8.98. The van der Waals surface area contributed by atoms with Crippen molar-refractivity contribution in [2.45, 2.75) is 19.8 Å². The summed E-state index contributed by atoms with van der Waals surface area (Å²) in [5.74, 6) is 0. The minimum absolute atomic E-state index is 0.821. The molecule has 0 fully saturated rings. The fourth-order valence-electron chi connectivity index (χ4n) is 1.61. The molecule has 3 N–H and O–H groups in total. The van der Waals surface area contributed by atoms with Gasteiger partial charge in [-0.3, -0.25) is 0 Å². The van der Waals surface area contributed by atoms with Gasteiger partial charge in [-0.25, -0.2) is 0 Å². The Bertz CT molecular complexity index is 321.